The topological polar surface area (TPSA) is 64.3 Å². The normalized spacial score (nSPS) is 30.2. The second kappa shape index (κ2) is 6.61. The van der Waals surface area contributed by atoms with E-state index in [4.69, 9.17) is 10.5 Å². The molecule has 0 aliphatic carbocycles. The predicted octanol–water partition coefficient (Wildman–Crippen LogP) is 0.998. The zero-order chi connectivity index (χ0) is 12.9. The second-order valence-electron chi connectivity index (χ2n) is 4.90. The van der Waals surface area contributed by atoms with E-state index >= 15 is 0 Å². The Morgan fingerprint density at radius 3 is 2.94 bits per heavy atom. The molecule has 1 aliphatic rings. The minimum absolute atomic E-state index is 0.0245. The number of ether oxygens (including phenoxy) is 1. The molecule has 17 heavy (non-hydrogen) atoms. The van der Waals surface area contributed by atoms with Crippen LogP contribution in [-0.4, -0.2) is 42.7 Å². The number of rotatable bonds is 6. The molecule has 3 atom stereocenters. The molecule has 0 aromatic carbocycles. The molecular weight excluding hydrogens is 236 g/mol. The Hall–Kier alpha value is -0.260. The van der Waals surface area contributed by atoms with Crippen molar-refractivity contribution in [1.82, 2.24) is 5.32 Å². The number of nitrogens with two attached hydrogens (primary N) is 1. The number of carbonyl (C=O) groups is 1. The van der Waals surface area contributed by atoms with Crippen LogP contribution in [0.15, 0.2) is 0 Å². The summed E-state index contributed by atoms with van der Waals surface area (Å²) in [7, 11) is 0. The molecule has 1 heterocycles. The van der Waals surface area contributed by atoms with Crippen molar-refractivity contribution in [2.45, 2.75) is 39.3 Å². The number of hydrogen-bond donors (Lipinski definition) is 2. The Bertz CT molecular complexity index is 263. The third-order valence-electron chi connectivity index (χ3n) is 3.31. The highest BCUT2D eigenvalue weighted by Crippen LogP contribution is 2.27. The molecular formula is C12H24N2O2S. The first-order chi connectivity index (χ1) is 8.00. The summed E-state index contributed by atoms with van der Waals surface area (Å²) in [5.74, 6) is 2.23. The number of thioether (sulfide) groups is 1. The molecule has 100 valence electrons. The number of amides is 1. The van der Waals surface area contributed by atoms with Crippen molar-refractivity contribution in [2.75, 3.05) is 24.7 Å². The Balaban J connectivity index is 2.37. The summed E-state index contributed by atoms with van der Waals surface area (Å²) in [6.45, 7) is 6.97. The van der Waals surface area contributed by atoms with Gasteiger partial charge in [0.05, 0.1) is 18.6 Å². The molecule has 0 saturated carbocycles. The van der Waals surface area contributed by atoms with Crippen LogP contribution in [0.3, 0.4) is 0 Å². The summed E-state index contributed by atoms with van der Waals surface area (Å²) in [6, 6.07) is 0.00546. The Labute approximate surface area is 108 Å². The molecule has 0 radical (unpaired) electrons. The van der Waals surface area contributed by atoms with Crippen molar-refractivity contribution in [3.05, 3.63) is 0 Å². The highest BCUT2D eigenvalue weighted by Gasteiger charge is 2.44. The van der Waals surface area contributed by atoms with Crippen LogP contribution in [0.4, 0.5) is 0 Å². The minimum Gasteiger partial charge on any atom is -0.379 e. The van der Waals surface area contributed by atoms with E-state index in [0.29, 0.717) is 13.2 Å². The third kappa shape index (κ3) is 3.86. The van der Waals surface area contributed by atoms with Gasteiger partial charge < -0.3 is 15.8 Å². The maximum atomic E-state index is 12.1. The minimum atomic E-state index is -0.563. The fourth-order valence-electron chi connectivity index (χ4n) is 1.79. The Kier molecular flexibility index (Phi) is 5.76. The van der Waals surface area contributed by atoms with Crippen molar-refractivity contribution in [1.29, 1.82) is 0 Å². The Morgan fingerprint density at radius 2 is 2.41 bits per heavy atom. The molecule has 0 aromatic rings. The van der Waals surface area contributed by atoms with Gasteiger partial charge in [-0.3, -0.25) is 4.79 Å². The smallest absolute Gasteiger partial charge is 0.230 e. The van der Waals surface area contributed by atoms with Crippen molar-refractivity contribution in [3.8, 4) is 0 Å². The molecule has 1 aliphatic heterocycles. The quantitative estimate of drug-likeness (QED) is 0.699. The van der Waals surface area contributed by atoms with Gasteiger partial charge in [-0.05, 0) is 31.8 Å². The zero-order valence-corrected chi connectivity index (χ0v) is 11.8. The lowest BCUT2D eigenvalue weighted by Crippen LogP contribution is -2.52. The van der Waals surface area contributed by atoms with Crippen molar-refractivity contribution < 1.29 is 9.53 Å². The SMILES string of the molecule is CCSCCC(C)NC(=O)C1(C)COCC1N. The highest BCUT2D eigenvalue weighted by atomic mass is 32.2. The second-order valence-corrected chi connectivity index (χ2v) is 6.29. The van der Waals surface area contributed by atoms with Gasteiger partial charge in [-0.15, -0.1) is 0 Å². The summed E-state index contributed by atoms with van der Waals surface area (Å²) in [4.78, 5) is 12.1. The van der Waals surface area contributed by atoms with Crippen molar-refractivity contribution >= 4 is 17.7 Å². The average molecular weight is 260 g/mol. The van der Waals surface area contributed by atoms with Gasteiger partial charge in [-0.2, -0.15) is 11.8 Å². The fraction of sp³-hybridized carbons (Fsp3) is 0.917. The van der Waals surface area contributed by atoms with Crippen LogP contribution in [0.2, 0.25) is 0 Å². The van der Waals surface area contributed by atoms with Gasteiger partial charge in [0.25, 0.3) is 0 Å². The summed E-state index contributed by atoms with van der Waals surface area (Å²) in [5.41, 5.74) is 5.36. The van der Waals surface area contributed by atoms with Crippen LogP contribution in [0, 0.1) is 5.41 Å². The van der Waals surface area contributed by atoms with E-state index in [-0.39, 0.29) is 18.0 Å². The largest absolute Gasteiger partial charge is 0.379 e. The van der Waals surface area contributed by atoms with E-state index in [1.807, 2.05) is 25.6 Å². The van der Waals surface area contributed by atoms with Gasteiger partial charge in [-0.25, -0.2) is 0 Å². The maximum absolute atomic E-state index is 12.1. The number of carbonyl (C=O) groups excluding carboxylic acids is 1. The van der Waals surface area contributed by atoms with Gasteiger partial charge >= 0.3 is 0 Å². The molecule has 1 rings (SSSR count). The van der Waals surface area contributed by atoms with Crippen molar-refractivity contribution in [3.63, 3.8) is 0 Å². The van der Waals surface area contributed by atoms with E-state index in [2.05, 4.69) is 12.2 Å². The van der Waals surface area contributed by atoms with Crippen LogP contribution >= 0.6 is 11.8 Å². The molecule has 1 saturated heterocycles. The maximum Gasteiger partial charge on any atom is 0.230 e. The first kappa shape index (κ1) is 14.8. The van der Waals surface area contributed by atoms with Crippen LogP contribution in [0.1, 0.15) is 27.2 Å². The lowest BCUT2D eigenvalue weighted by atomic mass is 9.84. The molecule has 0 aromatic heterocycles. The monoisotopic (exact) mass is 260 g/mol. The Morgan fingerprint density at radius 1 is 1.71 bits per heavy atom. The van der Waals surface area contributed by atoms with Gasteiger partial charge in [-0.1, -0.05) is 6.92 Å². The molecule has 1 fully saturated rings. The highest BCUT2D eigenvalue weighted by molar-refractivity contribution is 7.99. The van der Waals surface area contributed by atoms with Crippen LogP contribution < -0.4 is 11.1 Å². The first-order valence-corrected chi connectivity index (χ1v) is 7.38. The zero-order valence-electron chi connectivity index (χ0n) is 11.0. The van der Waals surface area contributed by atoms with Gasteiger partial charge in [0, 0.05) is 12.1 Å². The van der Waals surface area contributed by atoms with E-state index in [9.17, 15) is 4.79 Å². The number of hydrogen-bond acceptors (Lipinski definition) is 4. The average Bonchev–Trinajstić information content (AvgIpc) is 2.61. The standard InChI is InChI=1S/C12H24N2O2S/c1-4-17-6-5-9(2)14-11(15)12(3)8-16-7-10(12)13/h9-10H,4-8,13H2,1-3H3,(H,14,15). The predicted molar refractivity (Wildman–Crippen MR) is 72.1 cm³/mol. The summed E-state index contributed by atoms with van der Waals surface area (Å²) in [6.07, 6.45) is 0.996. The lowest BCUT2D eigenvalue weighted by Gasteiger charge is -2.27. The molecule has 1 amide bonds. The first-order valence-electron chi connectivity index (χ1n) is 6.22. The van der Waals surface area contributed by atoms with Crippen molar-refractivity contribution in [2.24, 2.45) is 11.1 Å². The van der Waals surface area contributed by atoms with Gasteiger partial charge in [0.2, 0.25) is 5.91 Å². The summed E-state index contributed by atoms with van der Waals surface area (Å²) in [5, 5.41) is 3.04. The third-order valence-corrected chi connectivity index (χ3v) is 4.25. The lowest BCUT2D eigenvalue weighted by molar-refractivity contribution is -0.131. The van der Waals surface area contributed by atoms with E-state index in [1.165, 1.54) is 0 Å². The van der Waals surface area contributed by atoms with Crippen LogP contribution in [0.25, 0.3) is 0 Å². The van der Waals surface area contributed by atoms with E-state index < -0.39 is 5.41 Å². The number of nitrogens with one attached hydrogen (secondary N) is 1. The van der Waals surface area contributed by atoms with Crippen LogP contribution in [0.5, 0.6) is 0 Å². The molecule has 4 nitrogen and oxygen atoms in total. The molecule has 0 bridgehead atoms. The van der Waals surface area contributed by atoms with E-state index in [1.54, 1.807) is 0 Å². The molecule has 3 N–H and O–H groups in total. The molecule has 0 spiro atoms. The van der Waals surface area contributed by atoms with Gasteiger partial charge in [0.1, 0.15) is 0 Å². The van der Waals surface area contributed by atoms with Gasteiger partial charge in [0.15, 0.2) is 0 Å². The molecule has 3 unspecified atom stereocenters. The summed E-state index contributed by atoms with van der Waals surface area (Å²) < 4.78 is 5.28. The summed E-state index contributed by atoms with van der Waals surface area (Å²) >= 11 is 1.89. The van der Waals surface area contributed by atoms with E-state index in [0.717, 1.165) is 17.9 Å². The molecule has 5 heteroatoms. The fourth-order valence-corrected chi connectivity index (χ4v) is 2.60. The van der Waals surface area contributed by atoms with Crippen LogP contribution in [-0.2, 0) is 9.53 Å².